The van der Waals surface area contributed by atoms with Crippen LogP contribution < -0.4 is 15.6 Å². The van der Waals surface area contributed by atoms with Crippen LogP contribution in [0.2, 0.25) is 0 Å². The van der Waals surface area contributed by atoms with Gasteiger partial charge in [0.1, 0.15) is 5.75 Å². The highest BCUT2D eigenvalue weighted by atomic mass is 16.7. The maximum atomic E-state index is 11.4. The van der Waals surface area contributed by atoms with Gasteiger partial charge in [0.25, 0.3) is 5.69 Å². The van der Waals surface area contributed by atoms with Gasteiger partial charge in [-0.25, -0.2) is 0 Å². The van der Waals surface area contributed by atoms with Gasteiger partial charge >= 0.3 is 6.55 Å². The molecule has 0 aliphatic carbocycles. The molecule has 0 atom stereocenters. The summed E-state index contributed by atoms with van der Waals surface area (Å²) in [6.07, 6.45) is 1.67. The van der Waals surface area contributed by atoms with Crippen molar-refractivity contribution in [2.24, 2.45) is 0 Å². The zero-order valence-corrected chi connectivity index (χ0v) is 18.2. The minimum absolute atomic E-state index is 0.0551. The molecule has 0 saturated carbocycles. The number of fused-ring (bicyclic) bond motifs is 1. The summed E-state index contributed by atoms with van der Waals surface area (Å²) >= 11 is 0. The van der Waals surface area contributed by atoms with Crippen molar-refractivity contribution in [1.82, 2.24) is 0 Å². The topological polar surface area (TPSA) is 84.8 Å². The normalized spacial score (nSPS) is 14.1. The van der Waals surface area contributed by atoms with Gasteiger partial charge in [-0.1, -0.05) is 77.5 Å². The highest BCUT2D eigenvalue weighted by molar-refractivity contribution is 6.93. The smallest absolute Gasteiger partial charge is 0.468 e. The number of para-hydroxylation sites is 1. The van der Waals surface area contributed by atoms with Crippen molar-refractivity contribution in [1.29, 1.82) is 0 Å². The van der Waals surface area contributed by atoms with Crippen LogP contribution in [0.1, 0.15) is 11.1 Å². The van der Waals surface area contributed by atoms with Crippen LogP contribution in [0.4, 0.5) is 5.69 Å². The molecule has 0 aromatic heterocycles. The van der Waals surface area contributed by atoms with Gasteiger partial charge in [-0.15, -0.1) is 10.9 Å². The van der Waals surface area contributed by atoms with E-state index in [0.29, 0.717) is 16.9 Å². The summed E-state index contributed by atoms with van der Waals surface area (Å²) in [5.41, 5.74) is 2.69. The van der Waals surface area contributed by atoms with Crippen molar-refractivity contribution in [2.75, 3.05) is 0 Å². The van der Waals surface area contributed by atoms with Crippen molar-refractivity contribution in [3.05, 3.63) is 124 Å². The van der Waals surface area contributed by atoms with Gasteiger partial charge in [-0.3, -0.25) is 10.1 Å². The maximum absolute atomic E-state index is 11.4. The van der Waals surface area contributed by atoms with E-state index < -0.39 is 11.5 Å². The summed E-state index contributed by atoms with van der Waals surface area (Å²) in [6, 6.07) is 30.6. The highest BCUT2D eigenvalue weighted by Gasteiger charge is 2.43. The number of hydrogen-bond donors (Lipinski definition) is 1. The minimum atomic E-state index is -2.28. The summed E-state index contributed by atoms with van der Waals surface area (Å²) in [5, 5.41) is 21.8. The number of nitro groups is 1. The number of phenolic OH excluding ortho intramolecular Hbond substituents is 1. The molecule has 1 heterocycles. The molecule has 8 heteroatoms. The Hall–Kier alpha value is -4.59. The molecule has 1 N–H and O–H groups in total. The molecule has 4 aromatic rings. The third-order valence-electron chi connectivity index (χ3n) is 5.86. The second kappa shape index (κ2) is 8.75. The van der Waals surface area contributed by atoms with Crippen LogP contribution >= 0.6 is 0 Å². The molecule has 0 radical (unpaired) electrons. The standard InChI is InChI=1S/C26H21BN2O5/c30-25-14-8-7-9-20(25)18-28-19-21-17-24(29(31)32)15-16-26(21)33-27(34-28,22-10-3-1-4-11-22)23-12-5-2-6-13-23/h1-17,19,30H,18H2. The summed E-state index contributed by atoms with van der Waals surface area (Å²) in [7, 11) is 0. The fourth-order valence-corrected chi connectivity index (χ4v) is 4.19. The lowest BCUT2D eigenvalue weighted by Crippen LogP contribution is -2.66. The van der Waals surface area contributed by atoms with Crippen molar-refractivity contribution in [3.8, 4) is 11.5 Å². The second-order valence-corrected chi connectivity index (χ2v) is 8.07. The van der Waals surface area contributed by atoms with E-state index in [0.717, 1.165) is 10.9 Å². The van der Waals surface area contributed by atoms with Crippen molar-refractivity contribution >= 4 is 29.4 Å². The Bertz CT molecular complexity index is 1340. The Morgan fingerprint density at radius 1 is 0.853 bits per heavy atom. The highest BCUT2D eigenvalue weighted by Crippen LogP contribution is 2.29. The van der Waals surface area contributed by atoms with Gasteiger partial charge in [0.2, 0.25) is 12.8 Å². The van der Waals surface area contributed by atoms with E-state index in [1.165, 1.54) is 12.1 Å². The van der Waals surface area contributed by atoms with Crippen LogP contribution in [0.25, 0.3) is 0 Å². The lowest BCUT2D eigenvalue weighted by Gasteiger charge is -2.38. The lowest BCUT2D eigenvalue weighted by molar-refractivity contribution is -0.763. The SMILES string of the molecule is O=[N+]([O-])c1ccc2c(c1)C=[N+](Cc1ccccc1O)O[B-](c1ccccc1)(c1ccccc1)O2. The van der Waals surface area contributed by atoms with Crippen molar-refractivity contribution < 1.29 is 24.2 Å². The molecular weight excluding hydrogens is 431 g/mol. The number of benzene rings is 4. The van der Waals surface area contributed by atoms with Gasteiger partial charge in [0, 0.05) is 12.1 Å². The first-order valence-electron chi connectivity index (χ1n) is 10.9. The van der Waals surface area contributed by atoms with E-state index in [9.17, 15) is 15.2 Å². The van der Waals surface area contributed by atoms with Gasteiger partial charge in [0.15, 0.2) is 0 Å². The number of rotatable bonds is 5. The molecule has 0 unspecified atom stereocenters. The molecule has 0 bridgehead atoms. The van der Waals surface area contributed by atoms with E-state index in [2.05, 4.69) is 0 Å². The van der Waals surface area contributed by atoms with E-state index in [1.807, 2.05) is 66.7 Å². The lowest BCUT2D eigenvalue weighted by atomic mass is 9.46. The predicted molar refractivity (Wildman–Crippen MR) is 130 cm³/mol. The van der Waals surface area contributed by atoms with Crippen molar-refractivity contribution in [2.45, 2.75) is 6.54 Å². The van der Waals surface area contributed by atoms with Crippen LogP contribution in [0, 0.1) is 10.1 Å². The van der Waals surface area contributed by atoms with Crippen LogP contribution in [-0.4, -0.2) is 27.5 Å². The Labute approximate surface area is 196 Å². The number of nitrogens with zero attached hydrogens (tertiary/aromatic N) is 2. The Balaban J connectivity index is 1.73. The van der Waals surface area contributed by atoms with Crippen molar-refractivity contribution in [3.63, 3.8) is 0 Å². The van der Waals surface area contributed by atoms with E-state index in [1.54, 1.807) is 35.2 Å². The number of phenols is 1. The third-order valence-corrected chi connectivity index (χ3v) is 5.86. The number of non-ortho nitro benzene ring substituents is 1. The van der Waals surface area contributed by atoms with Crippen LogP contribution in [0.5, 0.6) is 11.5 Å². The van der Waals surface area contributed by atoms with Gasteiger partial charge < -0.3 is 14.5 Å². The Morgan fingerprint density at radius 3 is 2.09 bits per heavy atom. The predicted octanol–water partition coefficient (Wildman–Crippen LogP) is 3.51. The molecule has 0 fully saturated rings. The summed E-state index contributed by atoms with van der Waals surface area (Å²) in [6.45, 7) is -2.08. The summed E-state index contributed by atoms with van der Waals surface area (Å²) < 4.78 is 14.9. The van der Waals surface area contributed by atoms with Gasteiger partial charge in [0.05, 0.1) is 21.8 Å². The second-order valence-electron chi connectivity index (χ2n) is 8.07. The third kappa shape index (κ3) is 3.97. The molecule has 7 nitrogen and oxygen atoms in total. The van der Waals surface area contributed by atoms with Crippen LogP contribution in [0.3, 0.4) is 0 Å². The molecule has 1 aliphatic rings. The molecule has 168 valence electrons. The summed E-state index contributed by atoms with van der Waals surface area (Å²) in [4.78, 5) is 11.0. The molecule has 0 saturated heterocycles. The molecule has 0 amide bonds. The summed E-state index contributed by atoms with van der Waals surface area (Å²) in [5.74, 6) is 0.583. The van der Waals surface area contributed by atoms with E-state index >= 15 is 0 Å². The zero-order valence-electron chi connectivity index (χ0n) is 18.2. The quantitative estimate of drug-likeness (QED) is 0.217. The Morgan fingerprint density at radius 2 is 1.47 bits per heavy atom. The fraction of sp³-hybridized carbons (Fsp3) is 0.0385. The van der Waals surface area contributed by atoms with Gasteiger partial charge in [-0.05, 0) is 18.2 Å². The Kier molecular flexibility index (Phi) is 5.47. The molecular formula is C26H21BN2O5. The van der Waals surface area contributed by atoms with Gasteiger partial charge in [-0.2, -0.15) is 0 Å². The van der Waals surface area contributed by atoms with Crippen LogP contribution in [-0.2, 0) is 11.3 Å². The number of nitro benzene ring substituents is 1. The van der Waals surface area contributed by atoms with E-state index in [-0.39, 0.29) is 18.0 Å². The first kappa shape index (κ1) is 21.3. The zero-order chi connectivity index (χ0) is 23.5. The molecule has 4 aromatic carbocycles. The number of hydroxylamine groups is 1. The minimum Gasteiger partial charge on any atom is -0.672 e. The maximum Gasteiger partial charge on any atom is 0.468 e. The monoisotopic (exact) mass is 452 g/mol. The number of hydrogen-bond acceptors (Lipinski definition) is 5. The molecule has 34 heavy (non-hydrogen) atoms. The largest absolute Gasteiger partial charge is 0.672 e. The average Bonchev–Trinajstić information content (AvgIpc) is 3.03. The molecule has 0 spiro atoms. The first-order valence-corrected chi connectivity index (χ1v) is 10.9. The first-order chi connectivity index (χ1) is 16.5. The molecule has 1 aliphatic heterocycles. The fourth-order valence-electron chi connectivity index (χ4n) is 4.19. The average molecular weight is 452 g/mol. The van der Waals surface area contributed by atoms with E-state index in [4.69, 9.17) is 9.41 Å². The number of aromatic hydroxyl groups is 1. The molecule has 5 rings (SSSR count). The van der Waals surface area contributed by atoms with Crippen LogP contribution in [0.15, 0.2) is 103 Å².